The van der Waals surface area contributed by atoms with Crippen LogP contribution in [0.3, 0.4) is 0 Å². The summed E-state index contributed by atoms with van der Waals surface area (Å²) in [6.07, 6.45) is 1.19. The number of amides is 1. The van der Waals surface area contributed by atoms with E-state index >= 15 is 0 Å². The van der Waals surface area contributed by atoms with Crippen molar-refractivity contribution in [2.24, 2.45) is 5.84 Å². The van der Waals surface area contributed by atoms with Crippen LogP contribution in [0.1, 0.15) is 42.1 Å². The quantitative estimate of drug-likeness (QED) is 0.467. The summed E-state index contributed by atoms with van der Waals surface area (Å²) in [6.45, 7) is 11.3. The zero-order valence-electron chi connectivity index (χ0n) is 13.2. The molecule has 21 heavy (non-hydrogen) atoms. The number of hydrazine groups is 1. The van der Waals surface area contributed by atoms with Crippen molar-refractivity contribution in [1.29, 1.82) is 0 Å². The van der Waals surface area contributed by atoms with Gasteiger partial charge in [0.25, 0.3) is 5.91 Å². The number of hydrogen-bond donors (Lipinski definition) is 2. The third kappa shape index (κ3) is 3.64. The molecule has 1 saturated heterocycles. The van der Waals surface area contributed by atoms with Crippen LogP contribution >= 0.6 is 0 Å². The molecule has 0 radical (unpaired) electrons. The second-order valence-corrected chi connectivity index (χ2v) is 5.55. The fourth-order valence-corrected chi connectivity index (χ4v) is 3.14. The first-order chi connectivity index (χ1) is 10.1. The van der Waals surface area contributed by atoms with E-state index in [1.165, 1.54) is 6.42 Å². The summed E-state index contributed by atoms with van der Waals surface area (Å²) in [5.41, 5.74) is 2.67. The third-order valence-electron chi connectivity index (χ3n) is 4.30. The maximum Gasteiger partial charge on any atom is 0.268 e. The Labute approximate surface area is 126 Å². The third-order valence-corrected chi connectivity index (χ3v) is 4.30. The first-order valence-corrected chi connectivity index (χ1v) is 7.65. The van der Waals surface area contributed by atoms with Crippen molar-refractivity contribution in [3.8, 4) is 0 Å². The van der Waals surface area contributed by atoms with Gasteiger partial charge in [-0.15, -0.1) is 0 Å². The Bertz CT molecular complexity index is 482. The number of hydrogen-bond acceptors (Lipinski definition) is 5. The van der Waals surface area contributed by atoms with Gasteiger partial charge in [-0.25, -0.2) is 5.84 Å². The SMILES string of the molecule is CCN(CC)C1CCN(Cc2cc(C(=O)NN)c(C)o2)C1. The molecule has 0 spiro atoms. The molecule has 0 saturated carbocycles. The van der Waals surface area contributed by atoms with Gasteiger partial charge in [-0.3, -0.25) is 20.0 Å². The van der Waals surface area contributed by atoms with Gasteiger partial charge in [-0.05, 0) is 32.5 Å². The van der Waals surface area contributed by atoms with Gasteiger partial charge in [0.1, 0.15) is 11.5 Å². The van der Waals surface area contributed by atoms with Crippen molar-refractivity contribution in [3.05, 3.63) is 23.2 Å². The molecule has 2 rings (SSSR count). The molecule has 3 N–H and O–H groups in total. The Kier molecular flexibility index (Phi) is 5.39. The van der Waals surface area contributed by atoms with Gasteiger partial charge in [0.2, 0.25) is 0 Å². The standard InChI is InChI=1S/C15H26N4O2/c1-4-19(5-2)12-6-7-18(9-12)10-13-8-14(11(3)21-13)15(20)17-16/h8,12H,4-7,9-10,16H2,1-3H3,(H,17,20). The highest BCUT2D eigenvalue weighted by Crippen LogP contribution is 2.21. The summed E-state index contributed by atoms with van der Waals surface area (Å²) < 4.78 is 5.68. The van der Waals surface area contributed by atoms with E-state index in [2.05, 4.69) is 29.1 Å². The predicted octanol–water partition coefficient (Wildman–Crippen LogP) is 1.11. The largest absolute Gasteiger partial charge is 0.464 e. The summed E-state index contributed by atoms with van der Waals surface area (Å²) in [4.78, 5) is 16.5. The molecule has 1 amide bonds. The molecule has 6 heteroatoms. The molecule has 1 atom stereocenters. The summed E-state index contributed by atoms with van der Waals surface area (Å²) in [5.74, 6) is 6.31. The van der Waals surface area contributed by atoms with Crippen molar-refractivity contribution in [1.82, 2.24) is 15.2 Å². The van der Waals surface area contributed by atoms with Gasteiger partial charge in [-0.2, -0.15) is 0 Å². The van der Waals surface area contributed by atoms with Crippen LogP contribution in [0.2, 0.25) is 0 Å². The molecule has 0 aliphatic carbocycles. The maximum atomic E-state index is 11.6. The normalized spacial score (nSPS) is 19.4. The number of nitrogen functional groups attached to an aromatic ring is 1. The predicted molar refractivity (Wildman–Crippen MR) is 81.7 cm³/mol. The van der Waals surface area contributed by atoms with E-state index < -0.39 is 0 Å². The lowest BCUT2D eigenvalue weighted by Gasteiger charge is -2.26. The molecule has 1 aromatic heterocycles. The molecule has 2 heterocycles. The number of rotatable bonds is 6. The van der Waals surface area contributed by atoms with Crippen molar-refractivity contribution in [2.75, 3.05) is 26.2 Å². The fourth-order valence-electron chi connectivity index (χ4n) is 3.14. The Hall–Kier alpha value is -1.37. The average molecular weight is 294 g/mol. The highest BCUT2D eigenvalue weighted by molar-refractivity contribution is 5.94. The van der Waals surface area contributed by atoms with Gasteiger partial charge in [0.15, 0.2) is 0 Å². The summed E-state index contributed by atoms with van der Waals surface area (Å²) >= 11 is 0. The van der Waals surface area contributed by atoms with E-state index in [0.29, 0.717) is 17.4 Å². The summed E-state index contributed by atoms with van der Waals surface area (Å²) in [5, 5.41) is 0. The molecule has 1 aliphatic heterocycles. The summed E-state index contributed by atoms with van der Waals surface area (Å²) in [7, 11) is 0. The van der Waals surface area contributed by atoms with Crippen LogP contribution < -0.4 is 11.3 Å². The number of carbonyl (C=O) groups excluding carboxylic acids is 1. The lowest BCUT2D eigenvalue weighted by atomic mass is 10.2. The Morgan fingerprint density at radius 3 is 2.86 bits per heavy atom. The van der Waals surface area contributed by atoms with Gasteiger partial charge in [-0.1, -0.05) is 13.8 Å². The maximum absolute atomic E-state index is 11.6. The van der Waals surface area contributed by atoms with E-state index in [-0.39, 0.29) is 5.91 Å². The van der Waals surface area contributed by atoms with Crippen molar-refractivity contribution < 1.29 is 9.21 Å². The number of nitrogens with two attached hydrogens (primary N) is 1. The zero-order chi connectivity index (χ0) is 15.4. The lowest BCUT2D eigenvalue weighted by Crippen LogP contribution is -2.37. The highest BCUT2D eigenvalue weighted by Gasteiger charge is 2.27. The van der Waals surface area contributed by atoms with Gasteiger partial charge < -0.3 is 4.42 Å². The van der Waals surface area contributed by atoms with Crippen LogP contribution in [0.15, 0.2) is 10.5 Å². The number of likely N-dealkylation sites (tertiary alicyclic amines) is 1. The molecule has 1 aliphatic rings. The van der Waals surface area contributed by atoms with Gasteiger partial charge in [0, 0.05) is 19.1 Å². The Balaban J connectivity index is 1.96. The molecular formula is C15H26N4O2. The monoisotopic (exact) mass is 294 g/mol. The number of carbonyl (C=O) groups is 1. The minimum Gasteiger partial charge on any atom is -0.464 e. The topological polar surface area (TPSA) is 74.7 Å². The van der Waals surface area contributed by atoms with Crippen molar-refractivity contribution in [2.45, 2.75) is 39.8 Å². The minimum atomic E-state index is -0.301. The number of aryl methyl sites for hydroxylation is 1. The van der Waals surface area contributed by atoms with Crippen LogP contribution in [0.4, 0.5) is 0 Å². The van der Waals surface area contributed by atoms with E-state index in [9.17, 15) is 4.79 Å². The van der Waals surface area contributed by atoms with E-state index in [0.717, 1.165) is 38.5 Å². The molecule has 1 fully saturated rings. The van der Waals surface area contributed by atoms with E-state index in [4.69, 9.17) is 10.3 Å². The fraction of sp³-hybridized carbons (Fsp3) is 0.667. The first-order valence-electron chi connectivity index (χ1n) is 7.65. The minimum absolute atomic E-state index is 0.301. The van der Waals surface area contributed by atoms with E-state index in [1.54, 1.807) is 13.0 Å². The zero-order valence-corrected chi connectivity index (χ0v) is 13.2. The second kappa shape index (κ2) is 7.06. The van der Waals surface area contributed by atoms with Gasteiger partial charge >= 0.3 is 0 Å². The summed E-state index contributed by atoms with van der Waals surface area (Å²) in [6, 6.07) is 2.42. The molecule has 0 aromatic carbocycles. The first kappa shape index (κ1) is 16.0. The molecule has 1 aromatic rings. The van der Waals surface area contributed by atoms with Crippen LogP contribution in [0.5, 0.6) is 0 Å². The van der Waals surface area contributed by atoms with Gasteiger partial charge in [0.05, 0.1) is 12.1 Å². The van der Waals surface area contributed by atoms with E-state index in [1.807, 2.05) is 0 Å². The molecule has 1 unspecified atom stereocenters. The van der Waals surface area contributed by atoms with Crippen LogP contribution in [-0.4, -0.2) is 47.9 Å². The molecule has 0 bridgehead atoms. The Morgan fingerprint density at radius 1 is 1.52 bits per heavy atom. The van der Waals surface area contributed by atoms with Crippen molar-refractivity contribution in [3.63, 3.8) is 0 Å². The number of nitrogens with one attached hydrogen (secondary N) is 1. The van der Waals surface area contributed by atoms with Crippen LogP contribution in [-0.2, 0) is 6.54 Å². The van der Waals surface area contributed by atoms with Crippen LogP contribution in [0.25, 0.3) is 0 Å². The second-order valence-electron chi connectivity index (χ2n) is 5.55. The average Bonchev–Trinajstić information content (AvgIpc) is 3.07. The lowest BCUT2D eigenvalue weighted by molar-refractivity contribution is 0.0952. The Morgan fingerprint density at radius 2 is 2.24 bits per heavy atom. The molecular weight excluding hydrogens is 268 g/mol. The molecule has 6 nitrogen and oxygen atoms in total. The van der Waals surface area contributed by atoms with Crippen LogP contribution in [0, 0.1) is 6.92 Å². The highest BCUT2D eigenvalue weighted by atomic mass is 16.3. The molecule has 118 valence electrons. The number of likely N-dealkylation sites (N-methyl/N-ethyl adjacent to an activating group) is 1. The number of nitrogens with zero attached hydrogens (tertiary/aromatic N) is 2. The van der Waals surface area contributed by atoms with Crippen molar-refractivity contribution >= 4 is 5.91 Å². The smallest absolute Gasteiger partial charge is 0.268 e. The number of furan rings is 1.